The molecule has 1 saturated heterocycles. The van der Waals surface area contributed by atoms with Gasteiger partial charge in [0.05, 0.1) is 18.4 Å². The Kier molecular flexibility index (Phi) is 3.27. The maximum atomic E-state index is 13.7. The van der Waals surface area contributed by atoms with Crippen molar-refractivity contribution in [1.29, 1.82) is 0 Å². The molecule has 4 aliphatic rings. The van der Waals surface area contributed by atoms with Gasteiger partial charge in [0.25, 0.3) is 0 Å². The van der Waals surface area contributed by atoms with Gasteiger partial charge >= 0.3 is 0 Å². The van der Waals surface area contributed by atoms with Crippen LogP contribution in [0.15, 0.2) is 78.9 Å². The molecule has 0 N–H and O–H groups in total. The summed E-state index contributed by atoms with van der Waals surface area (Å²) >= 11 is 0. The molecule has 29 heavy (non-hydrogen) atoms. The van der Waals surface area contributed by atoms with Gasteiger partial charge < -0.3 is 0 Å². The minimum absolute atomic E-state index is 0.0240. The second kappa shape index (κ2) is 5.66. The molecule has 0 saturated carbocycles. The van der Waals surface area contributed by atoms with Gasteiger partial charge in [0.2, 0.25) is 11.8 Å². The van der Waals surface area contributed by atoms with Gasteiger partial charge in [-0.15, -0.1) is 0 Å². The summed E-state index contributed by atoms with van der Waals surface area (Å²) in [6.45, 7) is 2.51. The van der Waals surface area contributed by atoms with Crippen LogP contribution >= 0.6 is 0 Å². The predicted molar refractivity (Wildman–Crippen MR) is 110 cm³/mol. The van der Waals surface area contributed by atoms with Crippen LogP contribution in [-0.4, -0.2) is 16.7 Å². The zero-order chi connectivity index (χ0) is 19.8. The van der Waals surface area contributed by atoms with Crippen molar-refractivity contribution in [2.24, 2.45) is 11.8 Å². The minimum Gasteiger partial charge on any atom is -0.278 e. The number of benzene rings is 3. The average molecular weight is 379 g/mol. The summed E-state index contributed by atoms with van der Waals surface area (Å²) in [5.41, 5.74) is 5.32. The van der Waals surface area contributed by atoms with Crippen molar-refractivity contribution in [3.8, 4) is 0 Å². The maximum Gasteiger partial charge on any atom is 0.234 e. The molecule has 142 valence electrons. The number of hydrogen-bond acceptors (Lipinski definition) is 2. The van der Waals surface area contributed by atoms with Gasteiger partial charge in [-0.05, 0) is 27.8 Å². The molecule has 2 atom stereocenters. The fourth-order valence-electron chi connectivity index (χ4n) is 6.13. The molecule has 7 rings (SSSR count). The van der Waals surface area contributed by atoms with Crippen molar-refractivity contribution >= 4 is 11.8 Å². The summed E-state index contributed by atoms with van der Waals surface area (Å²) in [4.78, 5) is 28.8. The Balaban J connectivity index is 1.55. The third-order valence-corrected chi connectivity index (χ3v) is 7.32. The molecule has 3 aromatic rings. The number of rotatable bonds is 2. The third kappa shape index (κ3) is 1.97. The maximum absolute atomic E-state index is 13.7. The van der Waals surface area contributed by atoms with Crippen molar-refractivity contribution in [3.63, 3.8) is 0 Å². The van der Waals surface area contributed by atoms with Crippen LogP contribution in [0.2, 0.25) is 0 Å². The van der Waals surface area contributed by atoms with E-state index in [0.29, 0.717) is 6.54 Å². The first-order valence-corrected chi connectivity index (χ1v) is 10.2. The standard InChI is InChI=1S/C26H21NO2/c1-26-19-13-7-5-11-17(19)21(18-12-6-8-14-20(18)26)22-23(26)25(29)27(24(22)28)15-16-9-3-2-4-10-16/h2-14,21-23H,15H2,1H3/t21?,22-,23+,26?/m1/s1. The fourth-order valence-corrected chi connectivity index (χ4v) is 6.13. The third-order valence-electron chi connectivity index (χ3n) is 7.32. The van der Waals surface area contributed by atoms with Crippen LogP contribution in [0.1, 0.15) is 40.7 Å². The summed E-state index contributed by atoms with van der Waals surface area (Å²) in [5, 5.41) is 0. The Morgan fingerprint density at radius 1 is 0.759 bits per heavy atom. The minimum atomic E-state index is -0.481. The second-order valence-corrected chi connectivity index (χ2v) is 8.61. The molecule has 3 nitrogen and oxygen atoms in total. The lowest BCUT2D eigenvalue weighted by Gasteiger charge is -2.52. The highest BCUT2D eigenvalue weighted by Gasteiger charge is 2.66. The van der Waals surface area contributed by atoms with Crippen LogP contribution in [0, 0.1) is 11.8 Å². The van der Waals surface area contributed by atoms with Crippen molar-refractivity contribution in [2.75, 3.05) is 0 Å². The Hall–Kier alpha value is -3.20. The molecule has 1 fully saturated rings. The van der Waals surface area contributed by atoms with E-state index in [4.69, 9.17) is 0 Å². The Labute approximate surface area is 170 Å². The van der Waals surface area contributed by atoms with Crippen molar-refractivity contribution in [1.82, 2.24) is 4.90 Å². The molecule has 0 radical (unpaired) electrons. The fraction of sp³-hybridized carbons (Fsp3) is 0.231. The number of hydrogen-bond donors (Lipinski definition) is 0. The highest BCUT2D eigenvalue weighted by Crippen LogP contribution is 2.63. The first-order chi connectivity index (χ1) is 14.1. The SMILES string of the molecule is CC12c3ccccc3C(c3ccccc31)[C@H]1C(=O)N(Cc3ccccc3)C(=O)[C@H]12. The van der Waals surface area contributed by atoms with Crippen LogP contribution in [0.3, 0.4) is 0 Å². The Morgan fingerprint density at radius 3 is 1.93 bits per heavy atom. The van der Waals surface area contributed by atoms with E-state index >= 15 is 0 Å². The van der Waals surface area contributed by atoms with Crippen molar-refractivity contribution < 1.29 is 9.59 Å². The summed E-state index contributed by atoms with van der Waals surface area (Å²) < 4.78 is 0. The number of carbonyl (C=O) groups is 2. The van der Waals surface area contributed by atoms with E-state index in [1.54, 1.807) is 0 Å². The van der Waals surface area contributed by atoms with Gasteiger partial charge in [-0.1, -0.05) is 85.8 Å². The average Bonchev–Trinajstić information content (AvgIpc) is 3.01. The van der Waals surface area contributed by atoms with Gasteiger partial charge in [-0.25, -0.2) is 0 Å². The van der Waals surface area contributed by atoms with Gasteiger partial charge in [0.1, 0.15) is 0 Å². The molecule has 0 spiro atoms. The van der Waals surface area contributed by atoms with Gasteiger partial charge in [-0.2, -0.15) is 0 Å². The zero-order valence-electron chi connectivity index (χ0n) is 16.2. The Morgan fingerprint density at radius 2 is 1.31 bits per heavy atom. The number of imide groups is 1. The quantitative estimate of drug-likeness (QED) is 0.624. The monoisotopic (exact) mass is 379 g/mol. The lowest BCUT2D eigenvalue weighted by molar-refractivity contribution is -0.140. The summed E-state index contributed by atoms with van der Waals surface area (Å²) in [6.07, 6.45) is 0. The molecule has 2 amide bonds. The first-order valence-electron chi connectivity index (χ1n) is 10.2. The van der Waals surface area contributed by atoms with Crippen LogP contribution in [-0.2, 0) is 21.5 Å². The number of carbonyl (C=O) groups excluding carboxylic acids is 2. The second-order valence-electron chi connectivity index (χ2n) is 8.61. The van der Waals surface area contributed by atoms with E-state index in [1.807, 2.05) is 54.6 Å². The lowest BCUT2D eigenvalue weighted by Crippen LogP contribution is -2.51. The summed E-state index contributed by atoms with van der Waals surface area (Å²) in [7, 11) is 0. The number of nitrogens with zero attached hydrogens (tertiary/aromatic N) is 1. The van der Waals surface area contributed by atoms with Crippen molar-refractivity contribution in [3.05, 3.63) is 107 Å². The number of likely N-dealkylation sites (tertiary alicyclic amines) is 1. The highest BCUT2D eigenvalue weighted by molar-refractivity contribution is 6.08. The van der Waals surface area contributed by atoms with Crippen LogP contribution < -0.4 is 0 Å². The predicted octanol–water partition coefficient (Wildman–Crippen LogP) is 4.25. The normalized spacial score (nSPS) is 28.9. The summed E-state index contributed by atoms with van der Waals surface area (Å²) in [5.74, 6) is -0.759. The van der Waals surface area contributed by atoms with Gasteiger partial charge in [0, 0.05) is 11.3 Å². The van der Waals surface area contributed by atoms with E-state index in [1.165, 1.54) is 27.2 Å². The van der Waals surface area contributed by atoms with E-state index in [9.17, 15) is 9.59 Å². The topological polar surface area (TPSA) is 37.4 Å². The number of amides is 2. The largest absolute Gasteiger partial charge is 0.278 e. The molecule has 0 unspecified atom stereocenters. The lowest BCUT2D eigenvalue weighted by atomic mass is 9.48. The van der Waals surface area contributed by atoms with E-state index < -0.39 is 5.41 Å². The Bertz CT molecular complexity index is 1120. The smallest absolute Gasteiger partial charge is 0.234 e. The van der Waals surface area contributed by atoms with Gasteiger partial charge in [-0.3, -0.25) is 14.5 Å². The molecule has 0 aromatic heterocycles. The van der Waals surface area contributed by atoms with Crippen LogP contribution in [0.25, 0.3) is 0 Å². The van der Waals surface area contributed by atoms with E-state index in [2.05, 4.69) is 31.2 Å². The van der Waals surface area contributed by atoms with Crippen molar-refractivity contribution in [2.45, 2.75) is 24.8 Å². The van der Waals surface area contributed by atoms with Crippen LogP contribution in [0.4, 0.5) is 0 Å². The van der Waals surface area contributed by atoms with E-state index in [0.717, 1.165) is 5.56 Å². The molecular weight excluding hydrogens is 358 g/mol. The molecule has 3 heteroatoms. The zero-order valence-corrected chi connectivity index (χ0v) is 16.2. The molecule has 3 aromatic carbocycles. The highest BCUT2D eigenvalue weighted by atomic mass is 16.2. The molecule has 2 bridgehead atoms. The van der Waals surface area contributed by atoms with Crippen LogP contribution in [0.5, 0.6) is 0 Å². The molecule has 1 heterocycles. The molecule has 3 aliphatic carbocycles. The molecular formula is C26H21NO2. The molecule has 1 aliphatic heterocycles. The summed E-state index contributed by atoms with van der Waals surface area (Å²) in [6, 6.07) is 26.6. The first kappa shape index (κ1) is 16.7. The van der Waals surface area contributed by atoms with E-state index in [-0.39, 0.29) is 29.6 Å². The van der Waals surface area contributed by atoms with Gasteiger partial charge in [0.15, 0.2) is 0 Å².